The molecule has 1 aromatic heterocycles. The van der Waals surface area contributed by atoms with Gasteiger partial charge in [0.05, 0.1) is 12.5 Å². The van der Waals surface area contributed by atoms with Gasteiger partial charge in [-0.15, -0.1) is 0 Å². The molecule has 0 radical (unpaired) electrons. The number of hydrogen-bond acceptors (Lipinski definition) is 4. The van der Waals surface area contributed by atoms with Crippen molar-refractivity contribution in [1.29, 1.82) is 0 Å². The van der Waals surface area contributed by atoms with Crippen molar-refractivity contribution in [3.63, 3.8) is 0 Å². The average molecular weight is 457 g/mol. The molecule has 1 heterocycles. The number of benzene rings is 2. The molecule has 0 aliphatic carbocycles. The van der Waals surface area contributed by atoms with E-state index in [1.54, 1.807) is 6.92 Å². The summed E-state index contributed by atoms with van der Waals surface area (Å²) in [5, 5.41) is 24.0. The highest BCUT2D eigenvalue weighted by atomic mass is 19.1. The van der Waals surface area contributed by atoms with Crippen molar-refractivity contribution in [1.82, 2.24) is 9.88 Å². The van der Waals surface area contributed by atoms with Crippen molar-refractivity contribution in [3.8, 4) is 16.9 Å². The highest BCUT2D eigenvalue weighted by Gasteiger charge is 2.21. The molecule has 1 atom stereocenters. The van der Waals surface area contributed by atoms with Crippen molar-refractivity contribution in [2.75, 3.05) is 5.32 Å². The number of aliphatic carboxylic acids is 1. The second-order valence-corrected chi connectivity index (χ2v) is 7.41. The van der Waals surface area contributed by atoms with Gasteiger partial charge in [0.1, 0.15) is 17.4 Å². The number of pyridine rings is 1. The van der Waals surface area contributed by atoms with Crippen LogP contribution in [0, 0.1) is 18.6 Å². The Kier molecular flexibility index (Phi) is 6.76. The highest BCUT2D eigenvalue weighted by Crippen LogP contribution is 2.26. The van der Waals surface area contributed by atoms with Crippen LogP contribution in [0.5, 0.6) is 5.75 Å². The maximum Gasteiger partial charge on any atom is 0.319 e. The lowest BCUT2D eigenvalue weighted by Crippen LogP contribution is -2.36. The van der Waals surface area contributed by atoms with Gasteiger partial charge in [-0.25, -0.2) is 13.6 Å². The zero-order chi connectivity index (χ0) is 24.3. The fraction of sp³-hybridized carbons (Fsp3) is 0.174. The van der Waals surface area contributed by atoms with Crippen LogP contribution >= 0.6 is 0 Å². The van der Waals surface area contributed by atoms with Crippen LogP contribution in [0.1, 0.15) is 23.7 Å². The van der Waals surface area contributed by atoms with Crippen molar-refractivity contribution < 1.29 is 28.6 Å². The molecule has 0 spiro atoms. The number of urea groups is 1. The van der Waals surface area contributed by atoms with Crippen LogP contribution in [0.15, 0.2) is 53.3 Å². The maximum atomic E-state index is 14.0. The molecule has 3 aromatic rings. The van der Waals surface area contributed by atoms with Crippen LogP contribution in [0.2, 0.25) is 0 Å². The minimum absolute atomic E-state index is 0.161. The number of amides is 2. The molecular formula is C23H21F2N3O5. The Morgan fingerprint density at radius 1 is 1.09 bits per heavy atom. The summed E-state index contributed by atoms with van der Waals surface area (Å²) in [7, 11) is 1.47. The molecule has 10 heteroatoms. The summed E-state index contributed by atoms with van der Waals surface area (Å²) in [5.74, 6) is -3.07. The Morgan fingerprint density at radius 2 is 1.76 bits per heavy atom. The van der Waals surface area contributed by atoms with Crippen LogP contribution < -0.4 is 16.2 Å². The molecule has 0 saturated heterocycles. The van der Waals surface area contributed by atoms with Gasteiger partial charge < -0.3 is 25.4 Å². The van der Waals surface area contributed by atoms with E-state index in [2.05, 4.69) is 10.6 Å². The molecule has 0 aliphatic heterocycles. The van der Waals surface area contributed by atoms with E-state index in [-0.39, 0.29) is 11.3 Å². The van der Waals surface area contributed by atoms with E-state index in [4.69, 9.17) is 0 Å². The quantitative estimate of drug-likeness (QED) is 0.450. The molecule has 1 unspecified atom stereocenters. The molecule has 2 aromatic carbocycles. The van der Waals surface area contributed by atoms with E-state index < -0.39 is 47.4 Å². The molecule has 0 bridgehead atoms. The van der Waals surface area contributed by atoms with Crippen molar-refractivity contribution >= 4 is 17.7 Å². The number of carbonyl (C=O) groups excluding carboxylic acids is 1. The van der Waals surface area contributed by atoms with Gasteiger partial charge in [-0.3, -0.25) is 9.59 Å². The number of carboxylic acids is 1. The van der Waals surface area contributed by atoms with E-state index in [1.807, 2.05) is 0 Å². The number of rotatable bonds is 6. The Morgan fingerprint density at radius 3 is 2.36 bits per heavy atom. The predicted octanol–water partition coefficient (Wildman–Crippen LogP) is 3.68. The standard InChI is InChI=1S/C23H21F2N3O5/c1-12-9-19(29)21(22(32)28(12)2)27-23(33)26-18(11-20(30)31)14-5-3-13(4-6-14)16-8-7-15(24)10-17(16)25/h3-10,18,29H,11H2,1-2H3,(H,30,31)(H2,26,27,33). The number of hydrogen-bond donors (Lipinski definition) is 4. The maximum absolute atomic E-state index is 14.0. The molecule has 0 saturated carbocycles. The van der Waals surface area contributed by atoms with Crippen molar-refractivity contribution in [3.05, 3.63) is 81.8 Å². The number of nitrogens with zero attached hydrogens (tertiary/aromatic N) is 1. The first kappa shape index (κ1) is 23.5. The van der Waals surface area contributed by atoms with E-state index in [0.717, 1.165) is 12.1 Å². The lowest BCUT2D eigenvalue weighted by atomic mass is 9.99. The second-order valence-electron chi connectivity index (χ2n) is 7.41. The SMILES string of the molecule is Cc1cc(O)c(NC(=O)NC(CC(=O)O)c2ccc(-c3ccc(F)cc3F)cc2)c(=O)n1C. The monoisotopic (exact) mass is 457 g/mol. The molecular weight excluding hydrogens is 436 g/mol. The Bertz CT molecular complexity index is 1270. The number of aryl methyl sites for hydroxylation is 1. The van der Waals surface area contributed by atoms with Crippen molar-refractivity contribution in [2.45, 2.75) is 19.4 Å². The van der Waals surface area contributed by atoms with Gasteiger partial charge >= 0.3 is 12.0 Å². The zero-order valence-corrected chi connectivity index (χ0v) is 17.7. The molecule has 0 aliphatic rings. The number of carbonyl (C=O) groups is 2. The summed E-state index contributed by atoms with van der Waals surface area (Å²) in [6.07, 6.45) is -0.477. The molecule has 3 rings (SSSR count). The number of carboxylic acid groups (broad SMARTS) is 1. The van der Waals surface area contributed by atoms with Gasteiger partial charge in [0.2, 0.25) is 0 Å². The van der Waals surface area contributed by atoms with E-state index in [1.165, 1.54) is 48.0 Å². The molecule has 8 nitrogen and oxygen atoms in total. The third-order valence-corrected chi connectivity index (χ3v) is 5.13. The third-order valence-electron chi connectivity index (χ3n) is 5.13. The first-order valence-corrected chi connectivity index (χ1v) is 9.81. The number of aromatic nitrogens is 1. The summed E-state index contributed by atoms with van der Waals surface area (Å²) in [6.45, 7) is 1.61. The number of nitrogens with one attached hydrogen (secondary N) is 2. The van der Waals surface area contributed by atoms with Gasteiger partial charge in [-0.2, -0.15) is 0 Å². The first-order chi connectivity index (χ1) is 15.6. The van der Waals surface area contributed by atoms with Crippen LogP contribution in [0.3, 0.4) is 0 Å². The summed E-state index contributed by atoms with van der Waals surface area (Å²) in [5.41, 5.74) is 0.488. The average Bonchev–Trinajstić information content (AvgIpc) is 2.75. The van der Waals surface area contributed by atoms with E-state index >= 15 is 0 Å². The normalized spacial score (nSPS) is 11.6. The van der Waals surface area contributed by atoms with Gasteiger partial charge in [0.15, 0.2) is 5.69 Å². The van der Waals surface area contributed by atoms with Gasteiger partial charge in [-0.1, -0.05) is 24.3 Å². The summed E-state index contributed by atoms with van der Waals surface area (Å²) in [4.78, 5) is 36.1. The number of anilines is 1. The largest absolute Gasteiger partial charge is 0.505 e. The van der Waals surface area contributed by atoms with Gasteiger partial charge in [0, 0.05) is 30.4 Å². The molecule has 2 amide bonds. The summed E-state index contributed by atoms with van der Waals surface area (Å²) in [6, 6.07) is 8.63. The minimum Gasteiger partial charge on any atom is -0.505 e. The topological polar surface area (TPSA) is 121 Å². The molecule has 33 heavy (non-hydrogen) atoms. The summed E-state index contributed by atoms with van der Waals surface area (Å²) >= 11 is 0. The molecule has 172 valence electrons. The van der Waals surface area contributed by atoms with Crippen LogP contribution in [0.25, 0.3) is 11.1 Å². The first-order valence-electron chi connectivity index (χ1n) is 9.81. The fourth-order valence-electron chi connectivity index (χ4n) is 3.28. The lowest BCUT2D eigenvalue weighted by Gasteiger charge is -2.19. The third kappa shape index (κ3) is 5.35. The Balaban J connectivity index is 1.83. The number of aromatic hydroxyl groups is 1. The number of halogens is 2. The van der Waals surface area contributed by atoms with E-state index in [0.29, 0.717) is 16.8 Å². The second kappa shape index (κ2) is 9.51. The van der Waals surface area contributed by atoms with Gasteiger partial charge in [-0.05, 0) is 30.2 Å². The van der Waals surface area contributed by atoms with E-state index in [9.17, 15) is 33.4 Å². The van der Waals surface area contributed by atoms with Crippen LogP contribution in [-0.2, 0) is 11.8 Å². The minimum atomic E-state index is -1.19. The Labute approximate surface area is 187 Å². The zero-order valence-electron chi connectivity index (χ0n) is 17.7. The smallest absolute Gasteiger partial charge is 0.319 e. The molecule has 0 fully saturated rings. The van der Waals surface area contributed by atoms with Crippen molar-refractivity contribution in [2.24, 2.45) is 7.05 Å². The molecule has 4 N–H and O–H groups in total. The van der Waals surface area contributed by atoms with Gasteiger partial charge in [0.25, 0.3) is 5.56 Å². The Hall–Kier alpha value is -4.21. The van der Waals surface area contributed by atoms with Crippen LogP contribution in [0.4, 0.5) is 19.3 Å². The lowest BCUT2D eigenvalue weighted by molar-refractivity contribution is -0.137. The predicted molar refractivity (Wildman–Crippen MR) is 117 cm³/mol. The highest BCUT2D eigenvalue weighted by molar-refractivity contribution is 5.91. The fourth-order valence-corrected chi connectivity index (χ4v) is 3.28. The van der Waals surface area contributed by atoms with Crippen LogP contribution in [-0.4, -0.2) is 26.8 Å². The summed E-state index contributed by atoms with van der Waals surface area (Å²) < 4.78 is 28.4.